The zero-order valence-corrected chi connectivity index (χ0v) is 19.3. The van der Waals surface area contributed by atoms with Gasteiger partial charge in [0.1, 0.15) is 12.1 Å². The van der Waals surface area contributed by atoms with Crippen molar-refractivity contribution >= 4 is 22.6 Å². The molecule has 0 spiro atoms. The number of ether oxygens (including phenoxy) is 1. The van der Waals surface area contributed by atoms with Gasteiger partial charge in [-0.1, -0.05) is 41.6 Å². The molecule has 1 aliphatic rings. The van der Waals surface area contributed by atoms with E-state index in [4.69, 9.17) is 4.99 Å². The maximum atomic E-state index is 12.3. The van der Waals surface area contributed by atoms with Crippen LogP contribution in [0, 0.1) is 6.92 Å². The first-order valence-electron chi connectivity index (χ1n) is 10.7. The predicted molar refractivity (Wildman–Crippen MR) is 131 cm³/mol. The van der Waals surface area contributed by atoms with Gasteiger partial charge in [0.25, 0.3) is 0 Å². The summed E-state index contributed by atoms with van der Waals surface area (Å²) in [6, 6.07) is 21.7. The summed E-state index contributed by atoms with van der Waals surface area (Å²) in [6.45, 7) is 2.07. The monoisotopic (exact) mass is 495 g/mol. The first-order chi connectivity index (χ1) is 16.8. The first kappa shape index (κ1) is 23.0. The number of halogens is 3. The van der Waals surface area contributed by atoms with Crippen LogP contribution in [0.1, 0.15) is 17.2 Å². The molecule has 1 unspecified atom stereocenters. The Morgan fingerprint density at radius 2 is 1.69 bits per heavy atom. The second kappa shape index (κ2) is 9.46. The van der Waals surface area contributed by atoms with Crippen LogP contribution in [0.3, 0.4) is 0 Å². The van der Waals surface area contributed by atoms with Crippen LogP contribution in [0.5, 0.6) is 5.75 Å². The standard InChI is InChI=1S/C25H20F3N5OS/c1-16-2-4-17(5-3-16)22-14-35-24(31-22)30-19-8-6-18(7-9-19)23-29-15-33(32-23)20-10-12-21(13-11-20)34-25(26,27)28/h2-13,15,22H,14H2,1H3,(H,30,31). The Balaban J connectivity index is 1.23. The lowest BCUT2D eigenvalue weighted by atomic mass is 10.1. The number of aromatic nitrogens is 3. The Bertz CT molecular complexity index is 1330. The van der Waals surface area contributed by atoms with Crippen LogP contribution in [0.15, 0.2) is 84.1 Å². The van der Waals surface area contributed by atoms with Gasteiger partial charge in [0, 0.05) is 17.0 Å². The normalized spacial score (nSPS) is 15.7. The molecule has 0 saturated heterocycles. The van der Waals surface area contributed by atoms with Gasteiger partial charge in [-0.2, -0.15) is 0 Å². The molecule has 0 saturated carbocycles. The van der Waals surface area contributed by atoms with Gasteiger partial charge in [-0.15, -0.1) is 18.3 Å². The van der Waals surface area contributed by atoms with Crippen LogP contribution >= 0.6 is 11.8 Å². The summed E-state index contributed by atoms with van der Waals surface area (Å²) in [4.78, 5) is 9.12. The fraction of sp³-hybridized carbons (Fsp3) is 0.160. The summed E-state index contributed by atoms with van der Waals surface area (Å²) in [5, 5.41) is 8.67. The molecule has 6 nitrogen and oxygen atoms in total. The van der Waals surface area contributed by atoms with E-state index in [0.717, 1.165) is 22.2 Å². The Kier molecular flexibility index (Phi) is 6.21. The van der Waals surface area contributed by atoms with E-state index in [9.17, 15) is 13.2 Å². The van der Waals surface area contributed by atoms with Gasteiger partial charge in [0.05, 0.1) is 11.7 Å². The number of alkyl halides is 3. The number of thioether (sulfide) groups is 1. The van der Waals surface area contributed by atoms with Crippen LogP contribution in [0.2, 0.25) is 0 Å². The number of nitrogens with zero attached hydrogens (tertiary/aromatic N) is 4. The summed E-state index contributed by atoms with van der Waals surface area (Å²) in [7, 11) is 0. The third kappa shape index (κ3) is 5.65. The molecule has 1 atom stereocenters. The molecule has 1 aliphatic heterocycles. The van der Waals surface area contributed by atoms with Crippen molar-refractivity contribution < 1.29 is 17.9 Å². The summed E-state index contributed by atoms with van der Waals surface area (Å²) in [5.74, 6) is 1.10. The number of hydrogen-bond acceptors (Lipinski definition) is 6. The SMILES string of the molecule is Cc1ccc(C2CSC(Nc3ccc(-c4ncn(-c5ccc(OC(F)(F)F)cc5)n4)cc3)=N2)cc1. The van der Waals surface area contributed by atoms with Crippen LogP contribution in [0.4, 0.5) is 18.9 Å². The first-order valence-corrected chi connectivity index (χ1v) is 11.7. The smallest absolute Gasteiger partial charge is 0.406 e. The van der Waals surface area contributed by atoms with E-state index in [1.807, 2.05) is 24.3 Å². The quantitative estimate of drug-likeness (QED) is 0.347. The van der Waals surface area contributed by atoms with Gasteiger partial charge >= 0.3 is 6.36 Å². The van der Waals surface area contributed by atoms with Crippen LogP contribution in [-0.4, -0.2) is 32.0 Å². The van der Waals surface area contributed by atoms with E-state index in [0.29, 0.717) is 11.5 Å². The average Bonchev–Trinajstić information content (AvgIpc) is 3.50. The van der Waals surface area contributed by atoms with Crippen LogP contribution < -0.4 is 10.1 Å². The fourth-order valence-electron chi connectivity index (χ4n) is 3.55. The molecule has 35 heavy (non-hydrogen) atoms. The molecule has 5 rings (SSSR count). The van der Waals surface area contributed by atoms with Crippen molar-refractivity contribution in [2.45, 2.75) is 19.3 Å². The molecule has 1 aromatic heterocycles. The van der Waals surface area contributed by atoms with Crippen molar-refractivity contribution in [2.24, 2.45) is 4.99 Å². The van der Waals surface area contributed by atoms with Gasteiger partial charge < -0.3 is 10.1 Å². The van der Waals surface area contributed by atoms with Crippen LogP contribution in [-0.2, 0) is 0 Å². The molecular formula is C25H20F3N5OS. The van der Waals surface area contributed by atoms with Crippen molar-refractivity contribution in [1.29, 1.82) is 0 Å². The number of nitrogens with one attached hydrogen (secondary N) is 1. The minimum Gasteiger partial charge on any atom is -0.406 e. The maximum absolute atomic E-state index is 12.3. The molecule has 0 amide bonds. The highest BCUT2D eigenvalue weighted by molar-refractivity contribution is 8.14. The van der Waals surface area contributed by atoms with Crippen molar-refractivity contribution in [2.75, 3.05) is 11.1 Å². The van der Waals surface area contributed by atoms with Crippen LogP contribution in [0.25, 0.3) is 17.1 Å². The zero-order chi connectivity index (χ0) is 24.4. The van der Waals surface area contributed by atoms with E-state index in [1.54, 1.807) is 11.8 Å². The highest BCUT2D eigenvalue weighted by atomic mass is 32.2. The summed E-state index contributed by atoms with van der Waals surface area (Å²) < 4.78 is 42.4. The highest BCUT2D eigenvalue weighted by Gasteiger charge is 2.31. The molecule has 0 aliphatic carbocycles. The highest BCUT2D eigenvalue weighted by Crippen LogP contribution is 2.31. The number of aryl methyl sites for hydroxylation is 1. The lowest BCUT2D eigenvalue weighted by Crippen LogP contribution is -2.17. The second-order valence-corrected chi connectivity index (χ2v) is 8.94. The topological polar surface area (TPSA) is 64.3 Å². The minimum absolute atomic E-state index is 0.143. The Labute approximate surface area is 203 Å². The van der Waals surface area contributed by atoms with Gasteiger partial charge in [-0.25, -0.2) is 9.67 Å². The average molecular weight is 496 g/mol. The Morgan fingerprint density at radius 1 is 0.971 bits per heavy atom. The molecule has 1 N–H and O–H groups in total. The van der Waals surface area contributed by atoms with Gasteiger partial charge in [0.2, 0.25) is 0 Å². The van der Waals surface area contributed by atoms with Gasteiger partial charge in [-0.3, -0.25) is 4.99 Å². The third-order valence-corrected chi connectivity index (χ3v) is 6.30. The van der Waals surface area contributed by atoms with Crippen molar-refractivity contribution in [1.82, 2.24) is 14.8 Å². The van der Waals surface area contributed by atoms with E-state index in [2.05, 4.69) is 51.3 Å². The largest absolute Gasteiger partial charge is 0.573 e. The molecule has 0 radical (unpaired) electrons. The summed E-state index contributed by atoms with van der Waals surface area (Å²) >= 11 is 1.69. The Hall–Kier alpha value is -3.79. The molecule has 10 heteroatoms. The van der Waals surface area contributed by atoms with Crippen molar-refractivity contribution in [3.05, 3.63) is 90.3 Å². The van der Waals surface area contributed by atoms with Crippen molar-refractivity contribution in [3.8, 4) is 22.8 Å². The minimum atomic E-state index is -4.73. The van der Waals surface area contributed by atoms with Gasteiger partial charge in [0.15, 0.2) is 11.0 Å². The lowest BCUT2D eigenvalue weighted by molar-refractivity contribution is -0.274. The number of hydrogen-bond donors (Lipinski definition) is 1. The molecule has 0 bridgehead atoms. The molecule has 3 aromatic carbocycles. The summed E-state index contributed by atoms with van der Waals surface area (Å²) in [6.07, 6.45) is -3.22. The number of rotatable bonds is 5. The zero-order valence-electron chi connectivity index (χ0n) is 18.5. The third-order valence-electron chi connectivity index (χ3n) is 5.33. The van der Waals surface area contributed by atoms with Crippen molar-refractivity contribution in [3.63, 3.8) is 0 Å². The molecule has 2 heterocycles. The predicted octanol–water partition coefficient (Wildman–Crippen LogP) is 6.40. The number of amidine groups is 1. The fourth-order valence-corrected chi connectivity index (χ4v) is 4.52. The number of benzene rings is 3. The molecule has 0 fully saturated rings. The van der Waals surface area contributed by atoms with E-state index < -0.39 is 6.36 Å². The Morgan fingerprint density at radius 3 is 2.37 bits per heavy atom. The van der Waals surface area contributed by atoms with E-state index >= 15 is 0 Å². The molecule has 4 aromatic rings. The summed E-state index contributed by atoms with van der Waals surface area (Å²) in [5.41, 5.74) is 4.72. The number of anilines is 1. The lowest BCUT2D eigenvalue weighted by Gasteiger charge is -2.09. The molecule has 178 valence electrons. The second-order valence-electron chi connectivity index (χ2n) is 7.93. The molecular weight excluding hydrogens is 475 g/mol. The van der Waals surface area contributed by atoms with E-state index in [1.165, 1.54) is 46.4 Å². The van der Waals surface area contributed by atoms with E-state index in [-0.39, 0.29) is 11.8 Å². The maximum Gasteiger partial charge on any atom is 0.573 e. The number of aliphatic imine (C=N–C) groups is 1. The van der Waals surface area contributed by atoms with Gasteiger partial charge in [-0.05, 0) is 61.0 Å².